The quantitative estimate of drug-likeness (QED) is 0.254. The molecule has 0 radical (unpaired) electrons. The normalized spacial score (nSPS) is 10.8. The molecule has 0 amide bonds. The fourth-order valence-electron chi connectivity index (χ4n) is 2.52. The van der Waals surface area contributed by atoms with Crippen LogP contribution in [0.1, 0.15) is 0 Å². The summed E-state index contributed by atoms with van der Waals surface area (Å²) in [5.74, 6) is -0.231. The SMILES string of the molecule is Nc1cc(Cl)c2c(Br)cc(F)cc2n1.Nc1cc(Cl)c2c(F)cc(Br)cc2n1. The third-order valence-corrected chi connectivity index (χ3v) is 5.27. The molecule has 0 aliphatic heterocycles. The van der Waals surface area contributed by atoms with E-state index in [4.69, 9.17) is 34.7 Å². The number of nitrogens with zero attached hydrogens (tertiary/aromatic N) is 2. The number of hydrogen-bond donors (Lipinski definition) is 2. The molecule has 0 bridgehead atoms. The van der Waals surface area contributed by atoms with E-state index in [2.05, 4.69) is 41.8 Å². The molecule has 0 atom stereocenters. The molecule has 144 valence electrons. The van der Waals surface area contributed by atoms with Gasteiger partial charge >= 0.3 is 0 Å². The molecule has 0 spiro atoms. The number of hydrogen-bond acceptors (Lipinski definition) is 4. The molecular weight excluding hydrogens is 541 g/mol. The maximum absolute atomic E-state index is 13.4. The number of aromatic nitrogens is 2. The van der Waals surface area contributed by atoms with Crippen LogP contribution in [0, 0.1) is 11.6 Å². The van der Waals surface area contributed by atoms with Gasteiger partial charge in [-0.25, -0.2) is 18.7 Å². The monoisotopic (exact) mass is 548 g/mol. The maximum Gasteiger partial charge on any atom is 0.135 e. The molecule has 4 N–H and O–H groups in total. The lowest BCUT2D eigenvalue weighted by atomic mass is 10.2. The molecule has 4 nitrogen and oxygen atoms in total. The lowest BCUT2D eigenvalue weighted by Crippen LogP contribution is -1.92. The van der Waals surface area contributed by atoms with Crippen molar-refractivity contribution in [3.63, 3.8) is 0 Å². The second-order valence-corrected chi connectivity index (χ2v) is 8.21. The van der Waals surface area contributed by atoms with Gasteiger partial charge in [0, 0.05) is 20.4 Å². The van der Waals surface area contributed by atoms with Crippen molar-refractivity contribution in [3.05, 3.63) is 67.0 Å². The largest absolute Gasteiger partial charge is 0.384 e. The van der Waals surface area contributed by atoms with Crippen LogP contribution in [0.4, 0.5) is 20.4 Å². The Kier molecular flexibility index (Phi) is 6.24. The minimum absolute atomic E-state index is 0.275. The highest BCUT2D eigenvalue weighted by molar-refractivity contribution is 9.11. The van der Waals surface area contributed by atoms with Gasteiger partial charge < -0.3 is 11.5 Å². The van der Waals surface area contributed by atoms with Gasteiger partial charge in [-0.3, -0.25) is 0 Å². The van der Waals surface area contributed by atoms with Gasteiger partial charge in [0.05, 0.1) is 26.5 Å². The molecule has 28 heavy (non-hydrogen) atoms. The zero-order valence-corrected chi connectivity index (χ0v) is 18.5. The minimum Gasteiger partial charge on any atom is -0.384 e. The lowest BCUT2D eigenvalue weighted by molar-refractivity contribution is 0.628. The van der Waals surface area contributed by atoms with Crippen molar-refractivity contribution in [2.24, 2.45) is 0 Å². The van der Waals surface area contributed by atoms with Gasteiger partial charge in [-0.2, -0.15) is 0 Å². The Morgan fingerprint density at radius 1 is 0.750 bits per heavy atom. The number of benzene rings is 2. The van der Waals surface area contributed by atoms with E-state index in [0.717, 1.165) is 0 Å². The topological polar surface area (TPSA) is 77.8 Å². The van der Waals surface area contributed by atoms with Crippen LogP contribution in [0.25, 0.3) is 21.8 Å². The third-order valence-electron chi connectivity index (χ3n) is 3.59. The summed E-state index contributed by atoms with van der Waals surface area (Å²) in [6.07, 6.45) is 0. The number of nitrogen functional groups attached to an aromatic ring is 2. The summed E-state index contributed by atoms with van der Waals surface area (Å²) in [5.41, 5.74) is 11.9. The van der Waals surface area contributed by atoms with Gasteiger partial charge in [-0.1, -0.05) is 39.1 Å². The van der Waals surface area contributed by atoms with Gasteiger partial charge in [0.15, 0.2) is 0 Å². The molecule has 0 fully saturated rings. The Bertz CT molecular complexity index is 1040. The van der Waals surface area contributed by atoms with Crippen molar-refractivity contribution in [1.82, 2.24) is 9.97 Å². The van der Waals surface area contributed by atoms with Crippen LogP contribution in [0.2, 0.25) is 10.0 Å². The second kappa shape index (κ2) is 8.32. The minimum atomic E-state index is -0.410. The first kappa shape index (κ1) is 21.0. The van der Waals surface area contributed by atoms with E-state index in [9.17, 15) is 8.78 Å². The number of pyridine rings is 2. The zero-order chi connectivity index (χ0) is 20.6. The molecule has 2 aromatic heterocycles. The summed E-state index contributed by atoms with van der Waals surface area (Å²) < 4.78 is 27.6. The van der Waals surface area contributed by atoms with E-state index >= 15 is 0 Å². The van der Waals surface area contributed by atoms with Crippen LogP contribution in [0.3, 0.4) is 0 Å². The summed E-state index contributed by atoms with van der Waals surface area (Å²) >= 11 is 18.2. The summed E-state index contributed by atoms with van der Waals surface area (Å²) in [4.78, 5) is 7.96. The van der Waals surface area contributed by atoms with Crippen LogP contribution < -0.4 is 11.5 Å². The first-order valence-corrected chi connectivity index (χ1v) is 9.91. The van der Waals surface area contributed by atoms with Gasteiger partial charge in [-0.15, -0.1) is 0 Å². The molecule has 0 aliphatic rings. The summed E-state index contributed by atoms with van der Waals surface area (Å²) in [6, 6.07) is 8.61. The molecule has 0 saturated heterocycles. The van der Waals surface area contributed by atoms with Gasteiger partial charge in [0.25, 0.3) is 0 Å². The average molecular weight is 551 g/mol. The number of rotatable bonds is 0. The fourth-order valence-corrected chi connectivity index (χ4v) is 4.29. The molecule has 2 aromatic carbocycles. The van der Waals surface area contributed by atoms with Crippen molar-refractivity contribution in [1.29, 1.82) is 0 Å². The first-order valence-electron chi connectivity index (χ1n) is 7.57. The number of halogens is 6. The first-order chi connectivity index (χ1) is 13.2. The van der Waals surface area contributed by atoms with Crippen molar-refractivity contribution >= 4 is 88.5 Å². The van der Waals surface area contributed by atoms with Gasteiger partial charge in [-0.05, 0) is 46.3 Å². The Morgan fingerprint density at radius 2 is 1.29 bits per heavy atom. The summed E-state index contributed by atoms with van der Waals surface area (Å²) in [7, 11) is 0. The van der Waals surface area contributed by atoms with E-state index in [1.165, 1.54) is 30.3 Å². The smallest absolute Gasteiger partial charge is 0.135 e. The van der Waals surface area contributed by atoms with Crippen molar-refractivity contribution in [2.75, 3.05) is 11.5 Å². The molecule has 4 aromatic rings. The van der Waals surface area contributed by atoms with E-state index in [-0.39, 0.29) is 22.5 Å². The van der Waals surface area contributed by atoms with E-state index in [1.54, 1.807) is 6.07 Å². The predicted molar refractivity (Wildman–Crippen MR) is 118 cm³/mol. The van der Waals surface area contributed by atoms with Gasteiger partial charge in [0.2, 0.25) is 0 Å². The van der Waals surface area contributed by atoms with Crippen molar-refractivity contribution < 1.29 is 8.78 Å². The number of fused-ring (bicyclic) bond motifs is 2. The maximum atomic E-state index is 13.4. The second-order valence-electron chi connectivity index (χ2n) is 5.62. The van der Waals surface area contributed by atoms with Crippen molar-refractivity contribution in [2.45, 2.75) is 0 Å². The Morgan fingerprint density at radius 3 is 1.89 bits per heavy atom. The van der Waals surface area contributed by atoms with Crippen LogP contribution in [0.15, 0.2) is 45.3 Å². The van der Waals surface area contributed by atoms with E-state index < -0.39 is 5.82 Å². The standard InChI is InChI=1S/2C9H5BrClFN2/c10-4-1-6(12)9-5(11)3-8(13)14-7(9)2-4;10-5-1-4(12)2-7-9(5)6(11)3-8(13)14-7/h2*1-3H,(H2,13,14). The number of nitrogens with two attached hydrogens (primary N) is 2. The highest BCUT2D eigenvalue weighted by Crippen LogP contribution is 2.32. The summed E-state index contributed by atoms with van der Waals surface area (Å²) in [6.45, 7) is 0. The zero-order valence-electron chi connectivity index (χ0n) is 13.8. The molecular formula is C18H10Br2Cl2F2N4. The van der Waals surface area contributed by atoms with Crippen LogP contribution in [-0.4, -0.2) is 9.97 Å². The lowest BCUT2D eigenvalue weighted by Gasteiger charge is -2.04. The van der Waals surface area contributed by atoms with Gasteiger partial charge in [0.1, 0.15) is 23.3 Å². The number of anilines is 2. The van der Waals surface area contributed by atoms with Crippen LogP contribution in [0.5, 0.6) is 0 Å². The Balaban J connectivity index is 0.000000161. The van der Waals surface area contributed by atoms with Crippen molar-refractivity contribution in [3.8, 4) is 0 Å². The summed E-state index contributed by atoms with van der Waals surface area (Å²) in [5, 5.41) is 1.70. The predicted octanol–water partition coefficient (Wildman–Crippen LogP) is 6.74. The molecule has 4 rings (SSSR count). The molecule has 0 aliphatic carbocycles. The van der Waals surface area contributed by atoms with E-state index in [0.29, 0.717) is 35.8 Å². The average Bonchev–Trinajstić information content (AvgIpc) is 2.52. The molecule has 0 saturated carbocycles. The Labute approximate surface area is 185 Å². The fraction of sp³-hybridized carbons (Fsp3) is 0. The highest BCUT2D eigenvalue weighted by Gasteiger charge is 2.09. The van der Waals surface area contributed by atoms with E-state index in [1.807, 2.05) is 0 Å². The molecule has 10 heteroatoms. The third kappa shape index (κ3) is 4.46. The molecule has 2 heterocycles. The van der Waals surface area contributed by atoms with Crippen LogP contribution in [-0.2, 0) is 0 Å². The van der Waals surface area contributed by atoms with Crippen LogP contribution >= 0.6 is 55.1 Å². The Hall–Kier alpha value is -1.74. The highest BCUT2D eigenvalue weighted by atomic mass is 79.9. The molecule has 0 unspecified atom stereocenters.